The molecule has 0 aliphatic heterocycles. The van der Waals surface area contributed by atoms with E-state index in [9.17, 15) is 19.8 Å². The highest BCUT2D eigenvalue weighted by Crippen LogP contribution is 2.17. The van der Waals surface area contributed by atoms with Crippen LogP contribution in [0.15, 0.2) is 36.5 Å². The van der Waals surface area contributed by atoms with Crippen LogP contribution in [0.25, 0.3) is 0 Å². The lowest BCUT2D eigenvalue weighted by Gasteiger charge is -2.20. The molecule has 3 N–H and O–H groups in total. The van der Waals surface area contributed by atoms with Gasteiger partial charge in [0.2, 0.25) is 5.91 Å². The number of ether oxygens (including phenoxy) is 1. The van der Waals surface area contributed by atoms with Gasteiger partial charge in [-0.1, -0.05) is 294 Å². The van der Waals surface area contributed by atoms with Crippen LogP contribution in [-0.2, 0) is 14.3 Å². The molecule has 0 bridgehead atoms. The van der Waals surface area contributed by atoms with Crippen molar-refractivity contribution < 1.29 is 24.5 Å². The van der Waals surface area contributed by atoms with Crippen molar-refractivity contribution in [1.82, 2.24) is 5.32 Å². The molecular weight excluding hydrogens is 851 g/mol. The molecule has 0 aliphatic carbocycles. The van der Waals surface area contributed by atoms with Crippen LogP contribution in [-0.4, -0.2) is 47.4 Å². The number of hydrogen-bond acceptors (Lipinski definition) is 5. The number of amides is 1. The molecule has 0 aromatic rings. The monoisotopic (exact) mass is 970 g/mol. The van der Waals surface area contributed by atoms with Gasteiger partial charge in [0.25, 0.3) is 0 Å². The first kappa shape index (κ1) is 67.1. The van der Waals surface area contributed by atoms with Crippen molar-refractivity contribution in [3.05, 3.63) is 36.5 Å². The number of hydrogen-bond donors (Lipinski definition) is 3. The number of esters is 1. The predicted molar refractivity (Wildman–Crippen MR) is 301 cm³/mol. The van der Waals surface area contributed by atoms with E-state index in [0.29, 0.717) is 19.4 Å². The maximum absolute atomic E-state index is 12.4. The van der Waals surface area contributed by atoms with Crippen molar-refractivity contribution in [3.63, 3.8) is 0 Å². The van der Waals surface area contributed by atoms with Crippen LogP contribution in [0, 0.1) is 0 Å². The number of rotatable bonds is 57. The highest BCUT2D eigenvalue weighted by atomic mass is 16.5. The lowest BCUT2D eigenvalue weighted by molar-refractivity contribution is -0.143. The van der Waals surface area contributed by atoms with Gasteiger partial charge in [-0.05, 0) is 57.8 Å². The predicted octanol–water partition coefficient (Wildman–Crippen LogP) is 19.2. The van der Waals surface area contributed by atoms with Gasteiger partial charge >= 0.3 is 5.97 Å². The maximum atomic E-state index is 12.4. The van der Waals surface area contributed by atoms with Crippen LogP contribution in [0.3, 0.4) is 0 Å². The normalized spacial score (nSPS) is 12.8. The van der Waals surface area contributed by atoms with Crippen LogP contribution >= 0.6 is 0 Å². The molecule has 1 amide bonds. The van der Waals surface area contributed by atoms with Gasteiger partial charge in [-0.3, -0.25) is 9.59 Å². The van der Waals surface area contributed by atoms with Crippen LogP contribution < -0.4 is 5.32 Å². The standard InChI is InChI=1S/C63H119NO5/c1-3-5-7-9-11-13-15-17-33-37-41-45-49-53-57-63(68)69-58-54-50-46-42-38-34-31-29-27-25-23-21-19-18-20-22-24-26-28-30-32-36-40-44-48-52-56-62(67)64-60(59-65)61(66)55-51-47-43-39-35-16-14-12-10-8-6-4-2/h9,11,15,17,51,55,60-61,65-66H,3-8,10,12-14,16,18-50,52-54,56-59H2,1-2H3,(H,64,67)/b11-9-,17-15-,55-51+. The number of unbranched alkanes of at least 4 members (excludes halogenated alkanes) is 42. The number of nitrogens with one attached hydrogen (secondary N) is 1. The van der Waals surface area contributed by atoms with E-state index in [1.807, 2.05) is 6.08 Å². The zero-order valence-corrected chi connectivity index (χ0v) is 46.3. The Kier molecular flexibility index (Phi) is 57.0. The maximum Gasteiger partial charge on any atom is 0.305 e. The van der Waals surface area contributed by atoms with E-state index >= 15 is 0 Å². The second-order valence-electron chi connectivity index (χ2n) is 21.0. The Hall–Kier alpha value is -1.92. The Labute approximate surface area is 430 Å². The highest BCUT2D eigenvalue weighted by Gasteiger charge is 2.18. The van der Waals surface area contributed by atoms with E-state index in [2.05, 4.69) is 43.5 Å². The van der Waals surface area contributed by atoms with Gasteiger partial charge in [0.05, 0.1) is 25.4 Å². The molecule has 6 nitrogen and oxygen atoms in total. The van der Waals surface area contributed by atoms with E-state index in [1.165, 1.54) is 250 Å². The fraction of sp³-hybridized carbons (Fsp3) is 0.873. The minimum Gasteiger partial charge on any atom is -0.466 e. The summed E-state index contributed by atoms with van der Waals surface area (Å²) in [6.45, 7) is 4.86. The second kappa shape index (κ2) is 58.6. The summed E-state index contributed by atoms with van der Waals surface area (Å²) in [5.74, 6) is -0.0640. The van der Waals surface area contributed by atoms with Crippen LogP contribution in [0.5, 0.6) is 0 Å². The van der Waals surface area contributed by atoms with Gasteiger partial charge in [-0.15, -0.1) is 0 Å². The quantitative estimate of drug-likeness (QED) is 0.0321. The summed E-state index contributed by atoms with van der Waals surface area (Å²) >= 11 is 0. The summed E-state index contributed by atoms with van der Waals surface area (Å²) in [6.07, 6.45) is 73.3. The number of aliphatic hydroxyl groups is 2. The lowest BCUT2D eigenvalue weighted by Crippen LogP contribution is -2.45. The summed E-state index contributed by atoms with van der Waals surface area (Å²) < 4.78 is 5.47. The third kappa shape index (κ3) is 55.2. The Morgan fingerprint density at radius 3 is 1.14 bits per heavy atom. The van der Waals surface area contributed by atoms with E-state index in [-0.39, 0.29) is 18.5 Å². The van der Waals surface area contributed by atoms with Crippen LogP contribution in [0.4, 0.5) is 0 Å². The zero-order chi connectivity index (χ0) is 50.0. The number of carbonyl (C=O) groups excluding carboxylic acids is 2. The minimum atomic E-state index is -0.842. The third-order valence-electron chi connectivity index (χ3n) is 14.2. The summed E-state index contributed by atoms with van der Waals surface area (Å²) in [5, 5.41) is 23.1. The first-order chi connectivity index (χ1) is 34.0. The number of aliphatic hydroxyl groups excluding tert-OH is 2. The molecule has 0 saturated carbocycles. The van der Waals surface area contributed by atoms with Crippen LogP contribution in [0.2, 0.25) is 0 Å². The van der Waals surface area contributed by atoms with E-state index in [1.54, 1.807) is 6.08 Å². The van der Waals surface area contributed by atoms with Gasteiger partial charge in [0.1, 0.15) is 0 Å². The molecule has 2 atom stereocenters. The topological polar surface area (TPSA) is 95.9 Å². The van der Waals surface area contributed by atoms with Gasteiger partial charge in [0.15, 0.2) is 0 Å². The van der Waals surface area contributed by atoms with Crippen molar-refractivity contribution in [3.8, 4) is 0 Å². The summed E-state index contributed by atoms with van der Waals surface area (Å²) in [6, 6.07) is -0.625. The van der Waals surface area contributed by atoms with Gasteiger partial charge in [-0.2, -0.15) is 0 Å². The highest BCUT2D eigenvalue weighted by molar-refractivity contribution is 5.76. The lowest BCUT2D eigenvalue weighted by atomic mass is 10.0. The molecule has 0 spiro atoms. The third-order valence-corrected chi connectivity index (χ3v) is 14.2. The fourth-order valence-electron chi connectivity index (χ4n) is 9.42. The minimum absolute atomic E-state index is 0.00202. The van der Waals surface area contributed by atoms with E-state index < -0.39 is 12.1 Å². The van der Waals surface area contributed by atoms with Crippen LogP contribution in [0.1, 0.15) is 328 Å². The Morgan fingerprint density at radius 2 is 0.739 bits per heavy atom. The molecule has 6 heteroatoms. The Balaban J connectivity index is 3.36. The molecule has 2 unspecified atom stereocenters. The van der Waals surface area contributed by atoms with E-state index in [0.717, 1.165) is 51.4 Å². The summed E-state index contributed by atoms with van der Waals surface area (Å²) in [5.41, 5.74) is 0. The van der Waals surface area contributed by atoms with Gasteiger partial charge in [-0.25, -0.2) is 0 Å². The molecular formula is C63H119NO5. The second-order valence-corrected chi connectivity index (χ2v) is 21.0. The zero-order valence-electron chi connectivity index (χ0n) is 46.3. The van der Waals surface area contributed by atoms with Crippen molar-refractivity contribution in [2.45, 2.75) is 341 Å². The molecule has 406 valence electrons. The summed E-state index contributed by atoms with van der Waals surface area (Å²) in [7, 11) is 0. The Morgan fingerprint density at radius 1 is 0.406 bits per heavy atom. The van der Waals surface area contributed by atoms with Crippen molar-refractivity contribution >= 4 is 11.9 Å². The smallest absolute Gasteiger partial charge is 0.305 e. The summed E-state index contributed by atoms with van der Waals surface area (Å²) in [4.78, 5) is 24.5. The number of carbonyl (C=O) groups is 2. The van der Waals surface area contributed by atoms with E-state index in [4.69, 9.17) is 4.74 Å². The molecule has 0 fully saturated rings. The van der Waals surface area contributed by atoms with Gasteiger partial charge in [0, 0.05) is 12.8 Å². The molecule has 0 heterocycles. The van der Waals surface area contributed by atoms with Crippen molar-refractivity contribution in [2.24, 2.45) is 0 Å². The fourth-order valence-corrected chi connectivity index (χ4v) is 9.42. The van der Waals surface area contributed by atoms with Crippen molar-refractivity contribution in [1.29, 1.82) is 0 Å². The molecule has 0 radical (unpaired) electrons. The van der Waals surface area contributed by atoms with Gasteiger partial charge < -0.3 is 20.3 Å². The molecule has 0 saturated heterocycles. The van der Waals surface area contributed by atoms with Crippen molar-refractivity contribution in [2.75, 3.05) is 13.2 Å². The first-order valence-electron chi connectivity index (χ1n) is 30.8. The first-order valence-corrected chi connectivity index (χ1v) is 30.8. The number of allylic oxidation sites excluding steroid dienone is 5. The molecule has 69 heavy (non-hydrogen) atoms. The molecule has 0 rings (SSSR count). The average molecular weight is 971 g/mol. The largest absolute Gasteiger partial charge is 0.466 e. The SMILES string of the molecule is CCCC/C=C\C/C=C\CCCCCCCC(=O)OCCCCCCCCCCCCCCCCCCCCCCCCCCCCC(=O)NC(CO)C(O)/C=C/CCCCCCCCCCCC. The molecule has 0 aliphatic rings. The molecule has 0 aromatic carbocycles. The average Bonchev–Trinajstić information content (AvgIpc) is 3.35. The molecule has 0 aromatic heterocycles. The Bertz CT molecular complexity index is 1120.